The summed E-state index contributed by atoms with van der Waals surface area (Å²) in [5.74, 6) is 1.04. The summed E-state index contributed by atoms with van der Waals surface area (Å²) in [4.78, 5) is 0. The lowest BCUT2D eigenvalue weighted by Gasteiger charge is -2.28. The quantitative estimate of drug-likeness (QED) is 0.609. The molecule has 2 fully saturated rings. The minimum absolute atomic E-state index is 0.895. The zero-order valence-corrected chi connectivity index (χ0v) is 7.31. The first-order valence-corrected chi connectivity index (χ1v) is 5.20. The van der Waals surface area contributed by atoms with Crippen molar-refractivity contribution in [1.82, 2.24) is 5.32 Å². The van der Waals surface area contributed by atoms with Crippen LogP contribution in [0.1, 0.15) is 44.9 Å². The van der Waals surface area contributed by atoms with Crippen LogP contribution in [0.25, 0.3) is 0 Å². The van der Waals surface area contributed by atoms with Crippen LogP contribution in [0.15, 0.2) is 0 Å². The molecular formula is C10H19N. The first-order valence-electron chi connectivity index (χ1n) is 5.20. The molecule has 1 aliphatic carbocycles. The van der Waals surface area contributed by atoms with E-state index in [1.807, 2.05) is 0 Å². The molecule has 1 heterocycles. The van der Waals surface area contributed by atoms with Crippen LogP contribution < -0.4 is 5.32 Å². The number of hydrogen-bond acceptors (Lipinski definition) is 1. The maximum atomic E-state index is 3.66. The number of piperidine rings is 1. The van der Waals surface area contributed by atoms with Crippen molar-refractivity contribution < 1.29 is 0 Å². The molecule has 0 aromatic rings. The van der Waals surface area contributed by atoms with Gasteiger partial charge in [0.15, 0.2) is 0 Å². The van der Waals surface area contributed by atoms with Crippen molar-refractivity contribution in [1.29, 1.82) is 0 Å². The Labute approximate surface area is 69.6 Å². The molecular weight excluding hydrogens is 134 g/mol. The molecule has 64 valence electrons. The lowest BCUT2D eigenvalue weighted by molar-refractivity contribution is 0.298. The second-order valence-corrected chi connectivity index (χ2v) is 4.10. The summed E-state index contributed by atoms with van der Waals surface area (Å²) in [6.07, 6.45) is 10.3. The van der Waals surface area contributed by atoms with Gasteiger partial charge in [-0.2, -0.15) is 0 Å². The topological polar surface area (TPSA) is 12.0 Å². The predicted molar refractivity (Wildman–Crippen MR) is 47.6 cm³/mol. The van der Waals surface area contributed by atoms with Gasteiger partial charge in [-0.1, -0.05) is 19.3 Å². The van der Waals surface area contributed by atoms with E-state index in [0.29, 0.717) is 0 Å². The summed E-state index contributed by atoms with van der Waals surface area (Å²) >= 11 is 0. The van der Waals surface area contributed by atoms with Crippen LogP contribution in [0.4, 0.5) is 0 Å². The van der Waals surface area contributed by atoms with Crippen molar-refractivity contribution in [3.8, 4) is 0 Å². The minimum atomic E-state index is 0.895. The zero-order chi connectivity index (χ0) is 7.52. The van der Waals surface area contributed by atoms with E-state index in [1.54, 1.807) is 0 Å². The van der Waals surface area contributed by atoms with Gasteiger partial charge in [0.2, 0.25) is 0 Å². The van der Waals surface area contributed by atoms with Crippen molar-refractivity contribution in [2.45, 2.75) is 51.0 Å². The average Bonchev–Trinajstić information content (AvgIpc) is 2.58. The molecule has 1 saturated heterocycles. The largest absolute Gasteiger partial charge is 0.314 e. The smallest absolute Gasteiger partial charge is 0.00953 e. The molecule has 2 rings (SSSR count). The molecule has 1 heteroatoms. The Hall–Kier alpha value is -0.0400. The van der Waals surface area contributed by atoms with Gasteiger partial charge in [0.05, 0.1) is 0 Å². The minimum Gasteiger partial charge on any atom is -0.314 e. The molecule has 0 amide bonds. The normalized spacial score (nSPS) is 34.4. The Bertz CT molecular complexity index is 110. The maximum absolute atomic E-state index is 3.66. The van der Waals surface area contributed by atoms with E-state index >= 15 is 0 Å². The Morgan fingerprint density at radius 2 is 1.55 bits per heavy atom. The van der Waals surface area contributed by atoms with E-state index in [-0.39, 0.29) is 0 Å². The van der Waals surface area contributed by atoms with Gasteiger partial charge in [-0.05, 0) is 38.1 Å². The van der Waals surface area contributed by atoms with E-state index in [9.17, 15) is 0 Å². The molecule has 0 aromatic heterocycles. The lowest BCUT2D eigenvalue weighted by Crippen LogP contribution is -2.38. The fourth-order valence-electron chi connectivity index (χ4n) is 2.64. The predicted octanol–water partition coefficient (Wildman–Crippen LogP) is 2.32. The molecule has 1 aliphatic heterocycles. The van der Waals surface area contributed by atoms with Crippen LogP contribution in [-0.4, -0.2) is 12.6 Å². The average molecular weight is 153 g/mol. The monoisotopic (exact) mass is 153 g/mol. The van der Waals surface area contributed by atoms with Gasteiger partial charge >= 0.3 is 0 Å². The summed E-state index contributed by atoms with van der Waals surface area (Å²) in [7, 11) is 0. The highest BCUT2D eigenvalue weighted by molar-refractivity contribution is 4.82. The van der Waals surface area contributed by atoms with E-state index in [1.165, 1.54) is 51.5 Å². The first kappa shape index (κ1) is 7.60. The first-order chi connectivity index (χ1) is 5.47. The molecule has 0 bridgehead atoms. The van der Waals surface area contributed by atoms with E-state index in [2.05, 4.69) is 5.32 Å². The van der Waals surface area contributed by atoms with Gasteiger partial charge in [0, 0.05) is 6.04 Å². The fourth-order valence-corrected chi connectivity index (χ4v) is 2.64. The van der Waals surface area contributed by atoms with Crippen LogP contribution in [0.2, 0.25) is 0 Å². The van der Waals surface area contributed by atoms with E-state index in [0.717, 1.165) is 12.0 Å². The number of nitrogens with one attached hydrogen (secondary N) is 1. The van der Waals surface area contributed by atoms with Crippen molar-refractivity contribution in [2.75, 3.05) is 6.54 Å². The summed E-state index contributed by atoms with van der Waals surface area (Å²) in [6, 6.07) is 0.895. The van der Waals surface area contributed by atoms with Gasteiger partial charge in [0.1, 0.15) is 0 Å². The molecule has 0 radical (unpaired) electrons. The third kappa shape index (κ3) is 1.76. The van der Waals surface area contributed by atoms with Gasteiger partial charge in [0.25, 0.3) is 0 Å². The molecule has 1 saturated carbocycles. The standard InChI is InChI=1S/C10H19N/c1-2-6-9(5-1)10-7-3-4-8-11-10/h9-11H,1-8H2/t10-/m1/s1. The molecule has 1 nitrogen and oxygen atoms in total. The second-order valence-electron chi connectivity index (χ2n) is 4.10. The maximum Gasteiger partial charge on any atom is 0.00953 e. The van der Waals surface area contributed by atoms with Gasteiger partial charge in [-0.15, -0.1) is 0 Å². The SMILES string of the molecule is C1CC[C@H](C2CCCC2)NC1. The number of hydrogen-bond donors (Lipinski definition) is 1. The van der Waals surface area contributed by atoms with Crippen molar-refractivity contribution in [2.24, 2.45) is 5.92 Å². The number of rotatable bonds is 1. The van der Waals surface area contributed by atoms with Crippen molar-refractivity contribution in [3.63, 3.8) is 0 Å². The highest BCUT2D eigenvalue weighted by Gasteiger charge is 2.25. The fraction of sp³-hybridized carbons (Fsp3) is 1.00. The Kier molecular flexibility index (Phi) is 2.47. The molecule has 0 spiro atoms. The highest BCUT2D eigenvalue weighted by Crippen LogP contribution is 2.30. The molecule has 0 aromatic carbocycles. The van der Waals surface area contributed by atoms with Crippen LogP contribution in [0, 0.1) is 5.92 Å². The summed E-state index contributed by atoms with van der Waals surface area (Å²) in [5.41, 5.74) is 0. The van der Waals surface area contributed by atoms with Crippen LogP contribution >= 0.6 is 0 Å². The molecule has 1 atom stereocenters. The third-order valence-electron chi connectivity index (χ3n) is 3.32. The van der Waals surface area contributed by atoms with Gasteiger partial charge in [-0.25, -0.2) is 0 Å². The Morgan fingerprint density at radius 1 is 0.818 bits per heavy atom. The van der Waals surface area contributed by atoms with Crippen molar-refractivity contribution >= 4 is 0 Å². The van der Waals surface area contributed by atoms with Gasteiger partial charge < -0.3 is 5.32 Å². The lowest BCUT2D eigenvalue weighted by atomic mass is 9.91. The highest BCUT2D eigenvalue weighted by atomic mass is 14.9. The molecule has 2 aliphatic rings. The van der Waals surface area contributed by atoms with E-state index in [4.69, 9.17) is 0 Å². The van der Waals surface area contributed by atoms with Gasteiger partial charge in [-0.3, -0.25) is 0 Å². The Morgan fingerprint density at radius 3 is 2.18 bits per heavy atom. The van der Waals surface area contributed by atoms with Crippen LogP contribution in [0.3, 0.4) is 0 Å². The molecule has 11 heavy (non-hydrogen) atoms. The zero-order valence-electron chi connectivity index (χ0n) is 7.31. The summed E-state index contributed by atoms with van der Waals surface area (Å²) < 4.78 is 0. The third-order valence-corrected chi connectivity index (χ3v) is 3.32. The Balaban J connectivity index is 1.82. The molecule has 0 unspecified atom stereocenters. The molecule has 1 N–H and O–H groups in total. The summed E-state index contributed by atoms with van der Waals surface area (Å²) in [5, 5.41) is 3.66. The van der Waals surface area contributed by atoms with E-state index < -0.39 is 0 Å². The van der Waals surface area contributed by atoms with Crippen LogP contribution in [-0.2, 0) is 0 Å². The van der Waals surface area contributed by atoms with Crippen molar-refractivity contribution in [3.05, 3.63) is 0 Å². The van der Waals surface area contributed by atoms with Crippen LogP contribution in [0.5, 0.6) is 0 Å². The summed E-state index contributed by atoms with van der Waals surface area (Å²) in [6.45, 7) is 1.28. The second kappa shape index (κ2) is 3.57.